The molecular weight excluding hydrogens is 290 g/mol. The van der Waals surface area contributed by atoms with Crippen molar-refractivity contribution in [1.82, 2.24) is 9.47 Å². The van der Waals surface area contributed by atoms with Gasteiger partial charge in [-0.25, -0.2) is 0 Å². The SMILES string of the molecule is CC(C)CC(=O)N(CCC[NH+]1CCOCC1)Cc1cccn1C. The minimum atomic E-state index is 0.276. The molecule has 5 heteroatoms. The molecule has 1 aromatic rings. The molecule has 2 rings (SSSR count). The smallest absolute Gasteiger partial charge is 0.223 e. The maximum Gasteiger partial charge on any atom is 0.223 e. The lowest BCUT2D eigenvalue weighted by Crippen LogP contribution is -3.14. The highest BCUT2D eigenvalue weighted by Crippen LogP contribution is 2.10. The molecule has 0 radical (unpaired) electrons. The van der Waals surface area contributed by atoms with Gasteiger partial charge in [-0.1, -0.05) is 13.8 Å². The highest BCUT2D eigenvalue weighted by Gasteiger charge is 2.18. The van der Waals surface area contributed by atoms with Crippen LogP contribution in [-0.4, -0.2) is 54.8 Å². The third-order valence-electron chi connectivity index (χ3n) is 4.50. The number of aryl methyl sites for hydroxylation is 1. The van der Waals surface area contributed by atoms with E-state index in [0.29, 0.717) is 18.9 Å². The molecule has 0 saturated carbocycles. The van der Waals surface area contributed by atoms with E-state index in [0.717, 1.165) is 45.8 Å². The first-order valence-corrected chi connectivity index (χ1v) is 8.85. The summed E-state index contributed by atoms with van der Waals surface area (Å²) in [4.78, 5) is 16.2. The number of ether oxygens (including phenoxy) is 1. The Kier molecular flexibility index (Phi) is 7.12. The lowest BCUT2D eigenvalue weighted by Gasteiger charge is -2.27. The largest absolute Gasteiger partial charge is 0.370 e. The van der Waals surface area contributed by atoms with Gasteiger partial charge in [-0.3, -0.25) is 4.79 Å². The average Bonchev–Trinajstić information content (AvgIpc) is 2.92. The number of quaternary nitrogens is 1. The molecule has 1 amide bonds. The van der Waals surface area contributed by atoms with Gasteiger partial charge in [0.2, 0.25) is 5.91 Å². The summed E-state index contributed by atoms with van der Waals surface area (Å²) in [6.45, 7) is 10.8. The molecule has 0 aliphatic carbocycles. The van der Waals surface area contributed by atoms with Gasteiger partial charge in [0.15, 0.2) is 0 Å². The van der Waals surface area contributed by atoms with Gasteiger partial charge >= 0.3 is 0 Å². The molecule has 2 heterocycles. The minimum absolute atomic E-state index is 0.276. The van der Waals surface area contributed by atoms with Crippen LogP contribution in [0.25, 0.3) is 0 Å². The number of morpholine rings is 1. The first-order valence-electron chi connectivity index (χ1n) is 8.85. The van der Waals surface area contributed by atoms with E-state index >= 15 is 0 Å². The molecule has 130 valence electrons. The van der Waals surface area contributed by atoms with E-state index in [1.165, 1.54) is 5.69 Å². The molecule has 5 nitrogen and oxygen atoms in total. The van der Waals surface area contributed by atoms with Crippen LogP contribution in [0.1, 0.15) is 32.4 Å². The van der Waals surface area contributed by atoms with Crippen LogP contribution in [0.4, 0.5) is 0 Å². The summed E-state index contributed by atoms with van der Waals surface area (Å²) in [6.07, 6.45) is 3.73. The van der Waals surface area contributed by atoms with Crippen molar-refractivity contribution in [3.63, 3.8) is 0 Å². The first kappa shape index (κ1) is 18.0. The summed E-state index contributed by atoms with van der Waals surface area (Å²) in [5.74, 6) is 0.682. The van der Waals surface area contributed by atoms with E-state index in [1.807, 2.05) is 24.2 Å². The molecule has 0 spiro atoms. The monoisotopic (exact) mass is 322 g/mol. The molecule has 0 unspecified atom stereocenters. The maximum absolute atomic E-state index is 12.6. The van der Waals surface area contributed by atoms with E-state index in [2.05, 4.69) is 24.5 Å². The molecule has 0 aromatic carbocycles. The van der Waals surface area contributed by atoms with Crippen molar-refractivity contribution in [2.75, 3.05) is 39.4 Å². The number of carbonyl (C=O) groups excluding carboxylic acids is 1. The van der Waals surface area contributed by atoms with Crippen LogP contribution in [0.3, 0.4) is 0 Å². The lowest BCUT2D eigenvalue weighted by atomic mass is 10.1. The van der Waals surface area contributed by atoms with Crippen LogP contribution >= 0.6 is 0 Å². The Hall–Kier alpha value is -1.33. The van der Waals surface area contributed by atoms with Crippen LogP contribution in [-0.2, 0) is 23.1 Å². The molecule has 0 atom stereocenters. The molecule has 1 saturated heterocycles. The fourth-order valence-corrected chi connectivity index (χ4v) is 3.06. The van der Waals surface area contributed by atoms with Crippen LogP contribution in [0.2, 0.25) is 0 Å². The Labute approximate surface area is 140 Å². The Balaban J connectivity index is 1.87. The maximum atomic E-state index is 12.6. The van der Waals surface area contributed by atoms with Gasteiger partial charge in [0.05, 0.1) is 26.3 Å². The fourth-order valence-electron chi connectivity index (χ4n) is 3.06. The second-order valence-corrected chi connectivity index (χ2v) is 6.99. The van der Waals surface area contributed by atoms with Gasteiger partial charge in [0.1, 0.15) is 13.1 Å². The summed E-state index contributed by atoms with van der Waals surface area (Å²) in [6, 6.07) is 4.14. The third kappa shape index (κ3) is 5.99. The quantitative estimate of drug-likeness (QED) is 0.765. The first-order chi connectivity index (χ1) is 11.1. The zero-order valence-electron chi connectivity index (χ0n) is 14.9. The molecule has 23 heavy (non-hydrogen) atoms. The Morgan fingerprint density at radius 3 is 2.74 bits per heavy atom. The zero-order chi connectivity index (χ0) is 16.7. The van der Waals surface area contributed by atoms with Crippen molar-refractivity contribution in [1.29, 1.82) is 0 Å². The zero-order valence-corrected chi connectivity index (χ0v) is 14.9. The summed E-state index contributed by atoms with van der Waals surface area (Å²) in [7, 11) is 2.04. The Morgan fingerprint density at radius 1 is 1.39 bits per heavy atom. The van der Waals surface area contributed by atoms with Gasteiger partial charge in [0, 0.05) is 38.3 Å². The van der Waals surface area contributed by atoms with Crippen molar-refractivity contribution in [2.24, 2.45) is 13.0 Å². The van der Waals surface area contributed by atoms with E-state index in [-0.39, 0.29) is 5.91 Å². The van der Waals surface area contributed by atoms with Gasteiger partial charge < -0.3 is 19.1 Å². The normalized spacial score (nSPS) is 16.0. The lowest BCUT2D eigenvalue weighted by molar-refractivity contribution is -0.908. The standard InChI is InChI=1S/C18H31N3O2/c1-16(2)14-18(22)21(15-17-6-4-7-19(17)3)9-5-8-20-10-12-23-13-11-20/h4,6-7,16H,5,8-15H2,1-3H3/p+1. The number of amides is 1. The summed E-state index contributed by atoms with van der Waals surface area (Å²) < 4.78 is 7.50. The third-order valence-corrected chi connectivity index (χ3v) is 4.50. The van der Waals surface area contributed by atoms with Crippen molar-refractivity contribution in [2.45, 2.75) is 33.2 Å². The fraction of sp³-hybridized carbons (Fsp3) is 0.722. The van der Waals surface area contributed by atoms with Crippen LogP contribution in [0.5, 0.6) is 0 Å². The number of rotatable bonds is 8. The van der Waals surface area contributed by atoms with E-state index in [4.69, 9.17) is 4.74 Å². The van der Waals surface area contributed by atoms with Gasteiger partial charge in [-0.05, 0) is 18.1 Å². The number of nitrogens with one attached hydrogen (secondary N) is 1. The van der Waals surface area contributed by atoms with Gasteiger partial charge in [0.25, 0.3) is 0 Å². The topological polar surface area (TPSA) is 38.9 Å². The molecular formula is C18H32N3O2+. The number of nitrogens with zero attached hydrogens (tertiary/aromatic N) is 2. The second kappa shape index (κ2) is 9.08. The second-order valence-electron chi connectivity index (χ2n) is 6.99. The molecule has 1 aromatic heterocycles. The van der Waals surface area contributed by atoms with Crippen LogP contribution in [0.15, 0.2) is 18.3 Å². The predicted molar refractivity (Wildman–Crippen MR) is 91.3 cm³/mol. The summed E-state index contributed by atoms with van der Waals surface area (Å²) >= 11 is 0. The number of hydrogen-bond donors (Lipinski definition) is 1. The molecule has 1 N–H and O–H groups in total. The summed E-state index contributed by atoms with van der Waals surface area (Å²) in [5, 5.41) is 0. The van der Waals surface area contributed by atoms with E-state index < -0.39 is 0 Å². The number of aromatic nitrogens is 1. The van der Waals surface area contributed by atoms with Crippen LogP contribution in [0, 0.1) is 5.92 Å². The average molecular weight is 322 g/mol. The Bertz CT molecular complexity index is 478. The van der Waals surface area contributed by atoms with Gasteiger partial charge in [-0.15, -0.1) is 0 Å². The van der Waals surface area contributed by atoms with Crippen molar-refractivity contribution in [3.8, 4) is 0 Å². The predicted octanol–water partition coefficient (Wildman–Crippen LogP) is 0.705. The van der Waals surface area contributed by atoms with Crippen molar-refractivity contribution < 1.29 is 14.4 Å². The minimum Gasteiger partial charge on any atom is -0.370 e. The van der Waals surface area contributed by atoms with E-state index in [9.17, 15) is 4.79 Å². The highest BCUT2D eigenvalue weighted by atomic mass is 16.5. The van der Waals surface area contributed by atoms with E-state index in [1.54, 1.807) is 4.90 Å². The summed E-state index contributed by atoms with van der Waals surface area (Å²) in [5.41, 5.74) is 1.20. The van der Waals surface area contributed by atoms with Crippen LogP contribution < -0.4 is 4.90 Å². The molecule has 1 aliphatic heterocycles. The highest BCUT2D eigenvalue weighted by molar-refractivity contribution is 5.76. The number of carbonyl (C=O) groups is 1. The van der Waals surface area contributed by atoms with Gasteiger partial charge in [-0.2, -0.15) is 0 Å². The molecule has 1 aliphatic rings. The van der Waals surface area contributed by atoms with Crippen molar-refractivity contribution >= 4 is 5.91 Å². The molecule has 1 fully saturated rings. The number of hydrogen-bond acceptors (Lipinski definition) is 2. The van der Waals surface area contributed by atoms with Crippen molar-refractivity contribution in [3.05, 3.63) is 24.0 Å². The Morgan fingerprint density at radius 2 is 2.13 bits per heavy atom. The molecule has 0 bridgehead atoms.